The topological polar surface area (TPSA) is 88.0 Å². The van der Waals surface area contributed by atoms with Crippen LogP contribution in [0.25, 0.3) is 0 Å². The molecule has 0 aliphatic carbocycles. The Morgan fingerprint density at radius 1 is 1.36 bits per heavy atom. The van der Waals surface area contributed by atoms with E-state index in [0.29, 0.717) is 5.69 Å². The first-order valence-electron chi connectivity index (χ1n) is 3.84. The smallest absolute Gasteiger partial charge is 0.289 e. The maximum absolute atomic E-state index is 9.90. The Balaban J connectivity index is 0.000000146. The van der Waals surface area contributed by atoms with E-state index in [4.69, 9.17) is 10.8 Å². The minimum absolute atomic E-state index is 0.213. The molecule has 0 saturated heterocycles. The molecule has 0 atom stereocenters. The maximum Gasteiger partial charge on any atom is 0.289 e. The van der Waals surface area contributed by atoms with Crippen LogP contribution in [-0.4, -0.2) is 11.0 Å². The van der Waals surface area contributed by atoms with Crippen LogP contribution in [0.15, 0.2) is 46.8 Å². The van der Waals surface area contributed by atoms with Crippen molar-refractivity contribution < 1.29 is 9.90 Å². The third-order valence-corrected chi connectivity index (χ3v) is 1.31. The van der Waals surface area contributed by atoms with Crippen LogP contribution >= 0.6 is 0 Å². The SMILES string of the molecule is Nc1cccc(O)c1.O=C1C=CN=N1. The molecule has 1 aliphatic heterocycles. The molecule has 0 saturated carbocycles. The average molecular weight is 191 g/mol. The van der Waals surface area contributed by atoms with E-state index in [0.717, 1.165) is 0 Å². The zero-order chi connectivity index (χ0) is 10.4. The van der Waals surface area contributed by atoms with E-state index >= 15 is 0 Å². The van der Waals surface area contributed by atoms with Crippen LogP contribution in [0, 0.1) is 0 Å². The van der Waals surface area contributed by atoms with Gasteiger partial charge in [0.05, 0.1) is 6.20 Å². The second kappa shape index (κ2) is 4.76. The molecule has 1 heterocycles. The number of phenolic OH excluding ortho intramolecular Hbond substituents is 1. The number of aromatic hydroxyl groups is 1. The van der Waals surface area contributed by atoms with E-state index in [-0.39, 0.29) is 11.7 Å². The molecule has 0 fully saturated rings. The normalized spacial score (nSPS) is 12.4. The van der Waals surface area contributed by atoms with Gasteiger partial charge in [-0.25, -0.2) is 0 Å². The number of phenols is 1. The van der Waals surface area contributed by atoms with Gasteiger partial charge >= 0.3 is 0 Å². The average Bonchev–Trinajstić information content (AvgIpc) is 2.56. The lowest BCUT2D eigenvalue weighted by atomic mass is 10.3. The van der Waals surface area contributed by atoms with Crippen LogP contribution in [0.5, 0.6) is 5.75 Å². The Hall–Kier alpha value is -2.17. The summed E-state index contributed by atoms with van der Waals surface area (Å²) in [6.45, 7) is 0. The van der Waals surface area contributed by atoms with Crippen molar-refractivity contribution in [3.63, 3.8) is 0 Å². The highest BCUT2D eigenvalue weighted by atomic mass is 16.3. The van der Waals surface area contributed by atoms with E-state index in [2.05, 4.69) is 10.2 Å². The third kappa shape index (κ3) is 3.48. The highest BCUT2D eigenvalue weighted by Gasteiger charge is 1.92. The number of benzene rings is 1. The number of nitrogen functional groups attached to an aromatic ring is 1. The molecule has 5 heteroatoms. The van der Waals surface area contributed by atoms with Crippen molar-refractivity contribution in [2.45, 2.75) is 0 Å². The molecule has 1 aliphatic rings. The molecule has 5 nitrogen and oxygen atoms in total. The summed E-state index contributed by atoms with van der Waals surface area (Å²) >= 11 is 0. The van der Waals surface area contributed by atoms with Gasteiger partial charge in [0.1, 0.15) is 5.75 Å². The van der Waals surface area contributed by atoms with Crippen molar-refractivity contribution in [2.75, 3.05) is 5.73 Å². The van der Waals surface area contributed by atoms with Gasteiger partial charge in [0, 0.05) is 17.8 Å². The van der Waals surface area contributed by atoms with Gasteiger partial charge in [0.2, 0.25) is 0 Å². The van der Waals surface area contributed by atoms with Crippen molar-refractivity contribution in [3.8, 4) is 5.75 Å². The molecule has 3 N–H and O–H groups in total. The van der Waals surface area contributed by atoms with Crippen molar-refractivity contribution in [3.05, 3.63) is 36.5 Å². The second-order valence-electron chi connectivity index (χ2n) is 2.46. The van der Waals surface area contributed by atoms with Gasteiger partial charge in [-0.1, -0.05) is 6.07 Å². The summed E-state index contributed by atoms with van der Waals surface area (Å²) in [6.07, 6.45) is 2.67. The van der Waals surface area contributed by atoms with Crippen LogP contribution < -0.4 is 5.73 Å². The lowest BCUT2D eigenvalue weighted by molar-refractivity contribution is -0.113. The summed E-state index contributed by atoms with van der Waals surface area (Å²) in [5.74, 6) is -0.0556. The third-order valence-electron chi connectivity index (χ3n) is 1.31. The fourth-order valence-corrected chi connectivity index (χ4v) is 0.745. The summed E-state index contributed by atoms with van der Waals surface area (Å²) in [6, 6.07) is 6.50. The van der Waals surface area contributed by atoms with Crippen molar-refractivity contribution >= 4 is 11.6 Å². The van der Waals surface area contributed by atoms with Gasteiger partial charge in [0.15, 0.2) is 0 Å². The predicted molar refractivity (Wildman–Crippen MR) is 51.5 cm³/mol. The van der Waals surface area contributed by atoms with Crippen molar-refractivity contribution in [1.29, 1.82) is 0 Å². The lowest BCUT2D eigenvalue weighted by Crippen LogP contribution is -1.80. The number of carbonyl (C=O) groups excluding carboxylic acids is 1. The molecule has 72 valence electrons. The number of azo groups is 1. The summed E-state index contributed by atoms with van der Waals surface area (Å²) in [5.41, 5.74) is 5.89. The van der Waals surface area contributed by atoms with Gasteiger partial charge in [-0.3, -0.25) is 4.79 Å². The molecular weight excluding hydrogens is 182 g/mol. The number of nitrogens with zero attached hydrogens (tertiary/aromatic N) is 2. The molecule has 0 radical (unpaired) electrons. The van der Waals surface area contributed by atoms with Gasteiger partial charge < -0.3 is 10.8 Å². The molecular formula is C9H9N3O2. The highest BCUT2D eigenvalue weighted by Crippen LogP contribution is 2.10. The standard InChI is InChI=1S/C6H7NO.C3H2N2O/c7-5-2-1-3-6(8)4-5;6-3-1-2-4-5-3/h1-4,8H,7H2;1-2H. The Bertz CT molecular complexity index is 354. The lowest BCUT2D eigenvalue weighted by Gasteiger charge is -1.90. The number of rotatable bonds is 0. The van der Waals surface area contributed by atoms with Gasteiger partial charge in [-0.2, -0.15) is 5.11 Å². The minimum Gasteiger partial charge on any atom is -0.508 e. The van der Waals surface area contributed by atoms with Crippen molar-refractivity contribution in [1.82, 2.24) is 0 Å². The molecule has 0 spiro atoms. The summed E-state index contributed by atoms with van der Waals surface area (Å²) in [5, 5.41) is 15.1. The number of nitrogens with two attached hydrogens (primary N) is 1. The van der Waals surface area contributed by atoms with Crippen molar-refractivity contribution in [2.24, 2.45) is 10.2 Å². The first kappa shape index (κ1) is 9.91. The number of carbonyl (C=O) groups is 1. The fourth-order valence-electron chi connectivity index (χ4n) is 0.745. The minimum atomic E-state index is -0.269. The zero-order valence-corrected chi connectivity index (χ0v) is 7.29. The van der Waals surface area contributed by atoms with Gasteiger partial charge in [-0.05, 0) is 12.1 Å². The molecule has 1 aromatic rings. The predicted octanol–water partition coefficient (Wildman–Crippen LogP) is 1.47. The number of hydrogen-bond donors (Lipinski definition) is 2. The van der Waals surface area contributed by atoms with Gasteiger partial charge in [0.25, 0.3) is 5.91 Å². The van der Waals surface area contributed by atoms with E-state index in [1.807, 2.05) is 0 Å². The van der Waals surface area contributed by atoms with E-state index in [1.54, 1.807) is 18.2 Å². The number of amides is 1. The maximum atomic E-state index is 9.90. The highest BCUT2D eigenvalue weighted by molar-refractivity contribution is 5.89. The second-order valence-corrected chi connectivity index (χ2v) is 2.46. The molecule has 1 aromatic carbocycles. The van der Waals surface area contributed by atoms with Crippen LogP contribution in [0.2, 0.25) is 0 Å². The zero-order valence-electron chi connectivity index (χ0n) is 7.29. The molecule has 2 rings (SSSR count). The van der Waals surface area contributed by atoms with Gasteiger partial charge in [-0.15, -0.1) is 5.11 Å². The number of hydrogen-bond acceptors (Lipinski definition) is 4. The fraction of sp³-hybridized carbons (Fsp3) is 0. The molecule has 0 unspecified atom stereocenters. The van der Waals surface area contributed by atoms with E-state index in [1.165, 1.54) is 18.3 Å². The van der Waals surface area contributed by atoms with Crippen LogP contribution in [0.3, 0.4) is 0 Å². The molecule has 0 aromatic heterocycles. The van der Waals surface area contributed by atoms with Crippen LogP contribution in [-0.2, 0) is 4.79 Å². The van der Waals surface area contributed by atoms with E-state index < -0.39 is 0 Å². The Morgan fingerprint density at radius 3 is 2.43 bits per heavy atom. The largest absolute Gasteiger partial charge is 0.508 e. The van der Waals surface area contributed by atoms with Crippen LogP contribution in [0.1, 0.15) is 0 Å². The Kier molecular flexibility index (Phi) is 3.37. The van der Waals surface area contributed by atoms with Crippen LogP contribution in [0.4, 0.5) is 5.69 Å². The Morgan fingerprint density at radius 2 is 2.14 bits per heavy atom. The molecule has 14 heavy (non-hydrogen) atoms. The summed E-state index contributed by atoms with van der Waals surface area (Å²) in [4.78, 5) is 9.90. The summed E-state index contributed by atoms with van der Waals surface area (Å²) in [7, 11) is 0. The molecule has 0 bridgehead atoms. The first-order valence-corrected chi connectivity index (χ1v) is 3.84. The quantitative estimate of drug-likeness (QED) is 0.608. The van der Waals surface area contributed by atoms with E-state index in [9.17, 15) is 4.79 Å². The number of anilines is 1. The molecule has 1 amide bonds. The monoisotopic (exact) mass is 191 g/mol. The Labute approximate surface area is 80.6 Å². The summed E-state index contributed by atoms with van der Waals surface area (Å²) < 4.78 is 0. The first-order chi connectivity index (χ1) is 6.68.